The maximum Gasteiger partial charge on any atom is 0.341 e. The van der Waals surface area contributed by atoms with Gasteiger partial charge in [-0.3, -0.25) is 0 Å². The minimum absolute atomic E-state index is 0.00611. The van der Waals surface area contributed by atoms with Crippen LogP contribution in [0.1, 0.15) is 6.42 Å². The highest BCUT2D eigenvalue weighted by molar-refractivity contribution is 7.64. The van der Waals surface area contributed by atoms with Gasteiger partial charge in [0.05, 0.1) is 19.3 Å². The van der Waals surface area contributed by atoms with Crippen molar-refractivity contribution in [3.8, 4) is 0 Å². The van der Waals surface area contributed by atoms with Gasteiger partial charge in [-0.25, -0.2) is 0 Å². The lowest BCUT2D eigenvalue weighted by molar-refractivity contribution is 0.0205. The van der Waals surface area contributed by atoms with Gasteiger partial charge in [0.1, 0.15) is 0 Å². The van der Waals surface area contributed by atoms with E-state index in [2.05, 4.69) is 39.3 Å². The molecule has 0 spiro atoms. The summed E-state index contributed by atoms with van der Waals surface area (Å²) in [6.45, 7) is 14.8. The molecule has 0 aromatic heterocycles. The van der Waals surface area contributed by atoms with E-state index >= 15 is 0 Å². The monoisotopic (exact) mass is 410 g/mol. The van der Waals surface area contributed by atoms with E-state index in [-0.39, 0.29) is 6.10 Å². The van der Waals surface area contributed by atoms with Crippen LogP contribution >= 0.6 is 33.2 Å². The lowest BCUT2D eigenvalue weighted by Crippen LogP contribution is -2.40. The van der Waals surface area contributed by atoms with E-state index in [1.807, 2.05) is 0 Å². The second-order valence-electron chi connectivity index (χ2n) is 7.07. The summed E-state index contributed by atoms with van der Waals surface area (Å²) in [5, 5.41) is 0. The Hall–Kier alpha value is 1.40. The molecule has 9 heteroatoms. The molecule has 1 atom stereocenters. The standard InChI is InChI=1S/C12H29Cl3O3Si3/c1-19(2,3)17-11-12(18-20(4,5)6)10-16-8-7-9-21(13,14)15/h12H,7-11H2,1-6H3. The van der Waals surface area contributed by atoms with Crippen molar-refractivity contribution in [2.24, 2.45) is 0 Å². The average molecular weight is 412 g/mol. The Morgan fingerprint density at radius 1 is 0.857 bits per heavy atom. The zero-order chi connectivity index (χ0) is 16.7. The van der Waals surface area contributed by atoms with Crippen LogP contribution in [0.5, 0.6) is 0 Å². The van der Waals surface area contributed by atoms with Gasteiger partial charge in [0.15, 0.2) is 16.6 Å². The summed E-state index contributed by atoms with van der Waals surface area (Å²) < 4.78 is 17.8. The third-order valence-corrected chi connectivity index (χ3v) is 6.97. The second-order valence-corrected chi connectivity index (χ2v) is 25.3. The third-order valence-electron chi connectivity index (χ3n) is 2.28. The van der Waals surface area contributed by atoms with Crippen molar-refractivity contribution in [3.63, 3.8) is 0 Å². The van der Waals surface area contributed by atoms with Gasteiger partial charge < -0.3 is 13.6 Å². The Labute approximate surface area is 147 Å². The van der Waals surface area contributed by atoms with Crippen molar-refractivity contribution in [3.05, 3.63) is 0 Å². The Bertz CT molecular complexity index is 288. The minimum Gasteiger partial charge on any atom is -0.415 e. The molecule has 1 unspecified atom stereocenters. The first-order valence-electron chi connectivity index (χ1n) is 7.25. The van der Waals surface area contributed by atoms with Crippen LogP contribution in [0.3, 0.4) is 0 Å². The van der Waals surface area contributed by atoms with Crippen LogP contribution in [-0.2, 0) is 13.6 Å². The third kappa shape index (κ3) is 17.6. The molecule has 0 radical (unpaired) electrons. The fourth-order valence-electron chi connectivity index (χ4n) is 1.55. The molecular formula is C12H29Cl3O3Si3. The lowest BCUT2D eigenvalue weighted by Gasteiger charge is -2.29. The Morgan fingerprint density at radius 2 is 1.43 bits per heavy atom. The molecule has 0 aromatic carbocycles. The smallest absolute Gasteiger partial charge is 0.341 e. The molecule has 0 N–H and O–H groups in total. The van der Waals surface area contributed by atoms with E-state index in [9.17, 15) is 0 Å². The number of halogens is 3. The van der Waals surface area contributed by atoms with Gasteiger partial charge in [0.25, 0.3) is 0 Å². The molecule has 0 aromatic rings. The van der Waals surface area contributed by atoms with Gasteiger partial charge in [0, 0.05) is 6.61 Å². The summed E-state index contributed by atoms with van der Waals surface area (Å²) in [5.74, 6) is 0. The van der Waals surface area contributed by atoms with Crippen LogP contribution in [-0.4, -0.2) is 48.6 Å². The summed E-state index contributed by atoms with van der Waals surface area (Å²) in [4.78, 5) is 0. The molecule has 0 saturated carbocycles. The molecular weight excluding hydrogens is 383 g/mol. The van der Waals surface area contributed by atoms with Crippen LogP contribution in [0, 0.1) is 0 Å². The second kappa shape index (κ2) is 9.64. The van der Waals surface area contributed by atoms with Gasteiger partial charge >= 0.3 is 6.00 Å². The highest BCUT2D eigenvalue weighted by Gasteiger charge is 2.25. The highest BCUT2D eigenvalue weighted by Crippen LogP contribution is 2.26. The average Bonchev–Trinajstić information content (AvgIpc) is 2.20. The SMILES string of the molecule is C[Si](C)(C)OCC(COCCC[Si](Cl)(Cl)Cl)O[Si](C)(C)C. The van der Waals surface area contributed by atoms with E-state index in [0.717, 1.165) is 6.42 Å². The van der Waals surface area contributed by atoms with Gasteiger partial charge in [-0.15, -0.1) is 33.2 Å². The zero-order valence-corrected chi connectivity index (χ0v) is 19.2. The van der Waals surface area contributed by atoms with E-state index in [4.69, 9.17) is 46.8 Å². The van der Waals surface area contributed by atoms with Crippen molar-refractivity contribution < 1.29 is 13.6 Å². The number of hydrogen-bond donors (Lipinski definition) is 0. The normalized spacial score (nSPS) is 15.3. The number of hydrogen-bond acceptors (Lipinski definition) is 3. The summed E-state index contributed by atoms with van der Waals surface area (Å²) >= 11 is 17.5. The van der Waals surface area contributed by atoms with Crippen LogP contribution in [0.25, 0.3) is 0 Å². The molecule has 0 aliphatic heterocycles. The fraction of sp³-hybridized carbons (Fsp3) is 1.00. The van der Waals surface area contributed by atoms with Crippen molar-refractivity contribution in [1.82, 2.24) is 0 Å². The summed E-state index contributed by atoms with van der Waals surface area (Å²) in [6, 6.07) is -1.89. The van der Waals surface area contributed by atoms with E-state index < -0.39 is 22.6 Å². The van der Waals surface area contributed by atoms with E-state index in [1.165, 1.54) is 0 Å². The molecule has 0 aliphatic carbocycles. The van der Waals surface area contributed by atoms with E-state index in [0.29, 0.717) is 25.9 Å². The molecule has 21 heavy (non-hydrogen) atoms. The minimum atomic E-state index is -2.52. The topological polar surface area (TPSA) is 27.7 Å². The molecule has 3 nitrogen and oxygen atoms in total. The maximum atomic E-state index is 6.12. The van der Waals surface area contributed by atoms with Gasteiger partial charge in [0.2, 0.25) is 0 Å². The van der Waals surface area contributed by atoms with Crippen molar-refractivity contribution in [1.29, 1.82) is 0 Å². The van der Waals surface area contributed by atoms with Crippen LogP contribution in [0.4, 0.5) is 0 Å². The number of ether oxygens (including phenoxy) is 1. The van der Waals surface area contributed by atoms with Gasteiger partial charge in [-0.1, -0.05) is 0 Å². The predicted molar refractivity (Wildman–Crippen MR) is 101 cm³/mol. The molecule has 0 aliphatic rings. The molecule has 128 valence electrons. The number of rotatable bonds is 11. The van der Waals surface area contributed by atoms with Crippen molar-refractivity contribution in [2.45, 2.75) is 57.9 Å². The largest absolute Gasteiger partial charge is 0.415 e. The highest BCUT2D eigenvalue weighted by atomic mass is 35.8. The van der Waals surface area contributed by atoms with Crippen molar-refractivity contribution in [2.75, 3.05) is 19.8 Å². The summed E-state index contributed by atoms with van der Waals surface area (Å²) in [5.41, 5.74) is 0. The first-order valence-corrected chi connectivity index (χ1v) is 19.3. The Kier molecular flexibility index (Phi) is 10.3. The molecule has 0 bridgehead atoms. The van der Waals surface area contributed by atoms with E-state index in [1.54, 1.807) is 0 Å². The van der Waals surface area contributed by atoms with Crippen LogP contribution in [0.2, 0.25) is 45.3 Å². The van der Waals surface area contributed by atoms with Crippen LogP contribution < -0.4 is 0 Å². The van der Waals surface area contributed by atoms with Crippen molar-refractivity contribution >= 4 is 55.9 Å². The molecule has 0 heterocycles. The first kappa shape index (κ1) is 22.4. The van der Waals surface area contributed by atoms with Crippen LogP contribution in [0.15, 0.2) is 0 Å². The molecule has 0 amide bonds. The van der Waals surface area contributed by atoms with Gasteiger partial charge in [-0.2, -0.15) is 0 Å². The lowest BCUT2D eigenvalue weighted by atomic mass is 10.4. The summed E-state index contributed by atoms with van der Waals surface area (Å²) in [7, 11) is -3.16. The molecule has 0 saturated heterocycles. The fourth-order valence-corrected chi connectivity index (χ4v) is 5.12. The molecule has 0 rings (SSSR count). The molecule has 0 fully saturated rings. The predicted octanol–water partition coefficient (Wildman–Crippen LogP) is 5.12. The quantitative estimate of drug-likeness (QED) is 0.268. The maximum absolute atomic E-state index is 6.12. The van der Waals surface area contributed by atoms with Gasteiger partial charge in [-0.05, 0) is 51.7 Å². The first-order chi connectivity index (χ1) is 9.29. The zero-order valence-electron chi connectivity index (χ0n) is 14.0. The Balaban J connectivity index is 4.10. The Morgan fingerprint density at radius 3 is 1.86 bits per heavy atom. The summed E-state index contributed by atoms with van der Waals surface area (Å²) in [6.07, 6.45) is 0.769.